The zero-order valence-electron chi connectivity index (χ0n) is 7.32. The normalized spacial score (nSPS) is 12.6. The van der Waals surface area contributed by atoms with Crippen molar-refractivity contribution >= 4 is 0 Å². The summed E-state index contributed by atoms with van der Waals surface area (Å²) in [5.41, 5.74) is 5.60. The third-order valence-corrected chi connectivity index (χ3v) is 1.39. The van der Waals surface area contributed by atoms with E-state index in [0.29, 0.717) is 12.3 Å². The van der Waals surface area contributed by atoms with Gasteiger partial charge in [-0.3, -0.25) is 0 Å². The van der Waals surface area contributed by atoms with Gasteiger partial charge >= 0.3 is 0 Å². The second kappa shape index (κ2) is 4.01. The van der Waals surface area contributed by atoms with E-state index in [1.165, 1.54) is 0 Å². The molecule has 1 atom stereocenters. The molecule has 1 rings (SSSR count). The summed E-state index contributed by atoms with van der Waals surface area (Å²) >= 11 is 0. The van der Waals surface area contributed by atoms with Crippen LogP contribution in [0.4, 0.5) is 0 Å². The fourth-order valence-electron chi connectivity index (χ4n) is 0.880. The molecule has 66 valence electrons. The monoisotopic (exact) mass is 167 g/mol. The maximum atomic E-state index is 5.60. The molecule has 4 nitrogen and oxygen atoms in total. The lowest BCUT2D eigenvalue weighted by molar-refractivity contribution is 0.394. The fraction of sp³-hybridized carbons (Fsp3) is 0.500. The van der Waals surface area contributed by atoms with E-state index in [9.17, 15) is 0 Å². The van der Waals surface area contributed by atoms with E-state index in [4.69, 9.17) is 10.5 Å². The molecule has 2 N–H and O–H groups in total. The highest BCUT2D eigenvalue weighted by Gasteiger charge is 2.01. The molecule has 0 aliphatic rings. The highest BCUT2D eigenvalue weighted by Crippen LogP contribution is 2.04. The molecule has 0 fully saturated rings. The van der Waals surface area contributed by atoms with Crippen molar-refractivity contribution in [3.63, 3.8) is 0 Å². The first-order valence-corrected chi connectivity index (χ1v) is 3.84. The maximum absolute atomic E-state index is 5.60. The Kier molecular flexibility index (Phi) is 2.99. The SMILES string of the molecule is COc1ccnc(CC(C)N)n1. The molecule has 12 heavy (non-hydrogen) atoms. The van der Waals surface area contributed by atoms with Gasteiger partial charge in [0, 0.05) is 24.7 Å². The second-order valence-electron chi connectivity index (χ2n) is 2.70. The number of aromatic nitrogens is 2. The number of rotatable bonds is 3. The van der Waals surface area contributed by atoms with Gasteiger partial charge in [-0.1, -0.05) is 0 Å². The minimum absolute atomic E-state index is 0.0807. The van der Waals surface area contributed by atoms with E-state index in [1.807, 2.05) is 6.92 Å². The largest absolute Gasteiger partial charge is 0.481 e. The fourth-order valence-corrected chi connectivity index (χ4v) is 0.880. The van der Waals surface area contributed by atoms with Crippen LogP contribution in [-0.4, -0.2) is 23.1 Å². The highest BCUT2D eigenvalue weighted by atomic mass is 16.5. The van der Waals surface area contributed by atoms with Crippen LogP contribution < -0.4 is 10.5 Å². The van der Waals surface area contributed by atoms with Gasteiger partial charge in [0.2, 0.25) is 5.88 Å². The summed E-state index contributed by atoms with van der Waals surface area (Å²) in [5, 5.41) is 0. The van der Waals surface area contributed by atoms with Crippen molar-refractivity contribution in [1.29, 1.82) is 0 Å². The van der Waals surface area contributed by atoms with Gasteiger partial charge in [0.1, 0.15) is 5.82 Å². The van der Waals surface area contributed by atoms with E-state index in [2.05, 4.69) is 9.97 Å². The van der Waals surface area contributed by atoms with Crippen LogP contribution in [0, 0.1) is 0 Å². The second-order valence-corrected chi connectivity index (χ2v) is 2.70. The molecule has 0 saturated heterocycles. The van der Waals surface area contributed by atoms with Crippen LogP contribution >= 0.6 is 0 Å². The van der Waals surface area contributed by atoms with Gasteiger partial charge in [0.15, 0.2) is 0 Å². The van der Waals surface area contributed by atoms with Crippen molar-refractivity contribution in [3.05, 3.63) is 18.1 Å². The molecule has 1 aromatic heterocycles. The Morgan fingerprint density at radius 3 is 3.00 bits per heavy atom. The Morgan fingerprint density at radius 2 is 2.42 bits per heavy atom. The minimum atomic E-state index is 0.0807. The average molecular weight is 167 g/mol. The molecule has 0 bridgehead atoms. The molecule has 0 aliphatic heterocycles. The number of hydrogen-bond donors (Lipinski definition) is 1. The first-order valence-electron chi connectivity index (χ1n) is 3.84. The lowest BCUT2D eigenvalue weighted by Crippen LogP contribution is -2.19. The summed E-state index contributed by atoms with van der Waals surface area (Å²) in [6, 6.07) is 1.79. The molecular formula is C8H13N3O. The highest BCUT2D eigenvalue weighted by molar-refractivity contribution is 5.08. The van der Waals surface area contributed by atoms with E-state index in [0.717, 1.165) is 5.82 Å². The van der Waals surface area contributed by atoms with Crippen molar-refractivity contribution < 1.29 is 4.74 Å². The van der Waals surface area contributed by atoms with Gasteiger partial charge in [-0.25, -0.2) is 4.98 Å². The average Bonchev–Trinajstić information content (AvgIpc) is 2.03. The van der Waals surface area contributed by atoms with Crippen LogP contribution in [0.25, 0.3) is 0 Å². The number of hydrogen-bond acceptors (Lipinski definition) is 4. The maximum Gasteiger partial charge on any atom is 0.216 e. The molecule has 1 unspecified atom stereocenters. The Labute approximate surface area is 71.8 Å². The van der Waals surface area contributed by atoms with Crippen LogP contribution in [0.15, 0.2) is 12.3 Å². The van der Waals surface area contributed by atoms with Gasteiger partial charge in [0.25, 0.3) is 0 Å². The molecule has 0 spiro atoms. The van der Waals surface area contributed by atoms with E-state index < -0.39 is 0 Å². The topological polar surface area (TPSA) is 61.0 Å². The Balaban J connectivity index is 2.72. The summed E-state index contributed by atoms with van der Waals surface area (Å²) in [5.74, 6) is 1.31. The number of nitrogens with zero attached hydrogens (tertiary/aromatic N) is 2. The van der Waals surface area contributed by atoms with Crippen molar-refractivity contribution in [1.82, 2.24) is 9.97 Å². The Morgan fingerprint density at radius 1 is 1.67 bits per heavy atom. The Hall–Kier alpha value is -1.16. The van der Waals surface area contributed by atoms with Gasteiger partial charge in [0.05, 0.1) is 7.11 Å². The molecule has 0 amide bonds. The van der Waals surface area contributed by atoms with Gasteiger partial charge in [-0.15, -0.1) is 0 Å². The Bertz CT molecular complexity index is 250. The third-order valence-electron chi connectivity index (χ3n) is 1.39. The number of ether oxygens (including phenoxy) is 1. The number of methoxy groups -OCH3 is 1. The summed E-state index contributed by atoms with van der Waals surface area (Å²) in [4.78, 5) is 8.17. The van der Waals surface area contributed by atoms with E-state index in [-0.39, 0.29) is 6.04 Å². The molecule has 1 heterocycles. The lowest BCUT2D eigenvalue weighted by atomic mass is 10.2. The van der Waals surface area contributed by atoms with Crippen molar-refractivity contribution in [2.75, 3.05) is 7.11 Å². The zero-order chi connectivity index (χ0) is 8.97. The summed E-state index contributed by atoms with van der Waals surface area (Å²) < 4.78 is 4.94. The summed E-state index contributed by atoms with van der Waals surface area (Å²) in [7, 11) is 1.58. The van der Waals surface area contributed by atoms with Gasteiger partial charge < -0.3 is 10.5 Å². The number of nitrogens with two attached hydrogens (primary N) is 1. The van der Waals surface area contributed by atoms with Crippen LogP contribution in [0.5, 0.6) is 5.88 Å². The first kappa shape index (κ1) is 8.93. The predicted octanol–water partition coefficient (Wildman–Crippen LogP) is 0.375. The zero-order valence-corrected chi connectivity index (χ0v) is 7.32. The molecule has 1 aromatic rings. The van der Waals surface area contributed by atoms with Crippen molar-refractivity contribution in [2.45, 2.75) is 19.4 Å². The molecule has 0 saturated carbocycles. The van der Waals surface area contributed by atoms with Crippen LogP contribution in [0.3, 0.4) is 0 Å². The summed E-state index contributed by atoms with van der Waals surface area (Å²) in [6.07, 6.45) is 2.35. The predicted molar refractivity (Wildman–Crippen MR) is 45.9 cm³/mol. The van der Waals surface area contributed by atoms with Crippen LogP contribution in [0.1, 0.15) is 12.7 Å². The van der Waals surface area contributed by atoms with E-state index >= 15 is 0 Å². The summed E-state index contributed by atoms with van der Waals surface area (Å²) in [6.45, 7) is 1.92. The molecule has 0 aliphatic carbocycles. The smallest absolute Gasteiger partial charge is 0.216 e. The minimum Gasteiger partial charge on any atom is -0.481 e. The van der Waals surface area contributed by atoms with Crippen molar-refractivity contribution in [2.24, 2.45) is 5.73 Å². The molecule has 0 radical (unpaired) electrons. The first-order chi connectivity index (χ1) is 5.72. The van der Waals surface area contributed by atoms with Crippen LogP contribution in [-0.2, 0) is 6.42 Å². The van der Waals surface area contributed by atoms with E-state index in [1.54, 1.807) is 19.4 Å². The standard InChI is InChI=1S/C8H13N3O/c1-6(9)5-7-10-4-3-8(11-7)12-2/h3-4,6H,5,9H2,1-2H3. The van der Waals surface area contributed by atoms with Gasteiger partial charge in [-0.2, -0.15) is 4.98 Å². The molecule has 4 heteroatoms. The van der Waals surface area contributed by atoms with Crippen molar-refractivity contribution in [3.8, 4) is 5.88 Å². The van der Waals surface area contributed by atoms with Gasteiger partial charge in [-0.05, 0) is 6.92 Å². The lowest BCUT2D eigenvalue weighted by Gasteiger charge is -2.04. The van der Waals surface area contributed by atoms with Crippen LogP contribution in [0.2, 0.25) is 0 Å². The molecule has 0 aromatic carbocycles. The quantitative estimate of drug-likeness (QED) is 0.706. The third kappa shape index (κ3) is 2.47. The molecular weight excluding hydrogens is 154 g/mol.